The van der Waals surface area contributed by atoms with Crippen molar-refractivity contribution < 1.29 is 4.79 Å². The second-order valence-electron chi connectivity index (χ2n) is 10.7. The van der Waals surface area contributed by atoms with Gasteiger partial charge in [-0.3, -0.25) is 4.79 Å². The van der Waals surface area contributed by atoms with Gasteiger partial charge in [0.1, 0.15) is 0 Å². The number of hydrogen-bond donors (Lipinski definition) is 1. The fourth-order valence-corrected chi connectivity index (χ4v) is 5.66. The molecule has 0 atom stereocenters. The van der Waals surface area contributed by atoms with Crippen molar-refractivity contribution in [2.24, 2.45) is 28.2 Å². The summed E-state index contributed by atoms with van der Waals surface area (Å²) >= 11 is 0. The Morgan fingerprint density at radius 2 is 1.69 bits per heavy atom. The van der Waals surface area contributed by atoms with Gasteiger partial charge in [-0.05, 0) is 48.7 Å². The maximum atomic E-state index is 13.2. The first kappa shape index (κ1) is 24.5. The van der Waals surface area contributed by atoms with E-state index in [0.29, 0.717) is 11.8 Å². The van der Waals surface area contributed by atoms with Crippen molar-refractivity contribution in [3.8, 4) is 0 Å². The van der Waals surface area contributed by atoms with E-state index in [-0.39, 0.29) is 11.2 Å². The van der Waals surface area contributed by atoms with Crippen LogP contribution in [0, 0.1) is 17.3 Å². The van der Waals surface area contributed by atoms with Gasteiger partial charge in [0.05, 0.1) is 5.71 Å². The number of nitrogens with zero attached hydrogens (tertiary/aromatic N) is 1. The first-order valence-electron chi connectivity index (χ1n) is 12.6. The van der Waals surface area contributed by atoms with Crippen molar-refractivity contribution in [2.75, 3.05) is 0 Å². The number of carbonyl (C=O) groups is 1. The molecule has 0 bridgehead atoms. The van der Waals surface area contributed by atoms with Gasteiger partial charge in [0, 0.05) is 17.4 Å². The van der Waals surface area contributed by atoms with Crippen LogP contribution in [0.5, 0.6) is 0 Å². The van der Waals surface area contributed by atoms with Crippen LogP contribution in [-0.2, 0) is 6.42 Å². The Bertz CT molecular complexity index is 865. The maximum Gasteiger partial charge on any atom is 0.168 e. The van der Waals surface area contributed by atoms with Gasteiger partial charge in [0.2, 0.25) is 0 Å². The Balaban J connectivity index is 1.66. The molecule has 0 radical (unpaired) electrons. The summed E-state index contributed by atoms with van der Waals surface area (Å²) in [6.45, 7) is 8.71. The molecule has 1 saturated carbocycles. The second-order valence-corrected chi connectivity index (χ2v) is 10.7. The molecule has 32 heavy (non-hydrogen) atoms. The quantitative estimate of drug-likeness (QED) is 0.200. The van der Waals surface area contributed by atoms with Crippen LogP contribution in [-0.4, -0.2) is 11.5 Å². The maximum absolute atomic E-state index is 13.2. The van der Waals surface area contributed by atoms with Crippen LogP contribution in [0.3, 0.4) is 0 Å². The zero-order chi connectivity index (χ0) is 23.1. The molecule has 2 aliphatic rings. The summed E-state index contributed by atoms with van der Waals surface area (Å²) in [5, 5.41) is 4.08. The zero-order valence-electron chi connectivity index (χ0n) is 20.6. The highest BCUT2D eigenvalue weighted by Crippen LogP contribution is 2.36. The van der Waals surface area contributed by atoms with Gasteiger partial charge in [0.15, 0.2) is 5.78 Å². The summed E-state index contributed by atoms with van der Waals surface area (Å²) in [5.74, 6) is 7.11. The second kappa shape index (κ2) is 11.1. The Kier molecular flexibility index (Phi) is 8.51. The third-order valence-corrected chi connectivity index (χ3v) is 7.34. The lowest BCUT2D eigenvalue weighted by Gasteiger charge is -2.31. The normalized spacial score (nSPS) is 19.6. The van der Waals surface area contributed by atoms with E-state index in [1.54, 1.807) is 0 Å². The molecule has 0 aromatic heterocycles. The number of Topliss-reactive ketones (excluding diaryl/α,β-unsaturated/α-hetero) is 1. The smallest absolute Gasteiger partial charge is 0.168 e. The minimum atomic E-state index is -0.287. The van der Waals surface area contributed by atoms with E-state index in [0.717, 1.165) is 43.4 Å². The molecule has 0 unspecified atom stereocenters. The van der Waals surface area contributed by atoms with Gasteiger partial charge in [-0.1, -0.05) is 102 Å². The number of hydrogen-bond acceptors (Lipinski definition) is 3. The van der Waals surface area contributed by atoms with Crippen LogP contribution in [0.1, 0.15) is 101 Å². The summed E-state index contributed by atoms with van der Waals surface area (Å²) in [6.07, 6.45) is 15.8. The van der Waals surface area contributed by atoms with E-state index in [9.17, 15) is 4.79 Å². The summed E-state index contributed by atoms with van der Waals surface area (Å²) in [5.41, 5.74) is 5.63. The molecule has 0 heterocycles. The molecule has 0 saturated heterocycles. The third kappa shape index (κ3) is 6.21. The average molecular weight is 435 g/mol. The van der Waals surface area contributed by atoms with Crippen molar-refractivity contribution in [3.63, 3.8) is 0 Å². The van der Waals surface area contributed by atoms with Crippen LogP contribution in [0.2, 0.25) is 0 Å². The highest BCUT2D eigenvalue weighted by Gasteiger charge is 2.32. The predicted octanol–water partition coefficient (Wildman–Crippen LogP) is 7.42. The number of benzene rings is 1. The molecule has 3 heteroatoms. The van der Waals surface area contributed by atoms with Crippen LogP contribution < -0.4 is 5.84 Å². The minimum Gasteiger partial charge on any atom is -0.323 e. The van der Waals surface area contributed by atoms with Crippen molar-refractivity contribution in [2.45, 2.75) is 91.9 Å². The van der Waals surface area contributed by atoms with Gasteiger partial charge < -0.3 is 5.84 Å². The van der Waals surface area contributed by atoms with Gasteiger partial charge in [-0.2, -0.15) is 5.10 Å². The Morgan fingerprint density at radius 3 is 2.31 bits per heavy atom. The summed E-state index contributed by atoms with van der Waals surface area (Å²) in [7, 11) is 0. The molecule has 174 valence electrons. The largest absolute Gasteiger partial charge is 0.323 e. The molecule has 0 spiro atoms. The predicted molar refractivity (Wildman–Crippen MR) is 136 cm³/mol. The number of carbonyl (C=O) groups excluding carboxylic acids is 1. The van der Waals surface area contributed by atoms with Crippen LogP contribution in [0.15, 0.2) is 52.7 Å². The SMILES string of the molecule is CC(C)C1=C(CCc2ccc(C(=O)C(C)(C)CC3CCCCC3)cc2)CC=CC/C1=N\N. The number of aryl methyl sites for hydroxylation is 1. The van der Waals surface area contributed by atoms with Gasteiger partial charge >= 0.3 is 0 Å². The van der Waals surface area contributed by atoms with E-state index < -0.39 is 0 Å². The molecule has 0 amide bonds. The van der Waals surface area contributed by atoms with Crippen LogP contribution in [0.25, 0.3) is 0 Å². The van der Waals surface area contributed by atoms with E-state index >= 15 is 0 Å². The van der Waals surface area contributed by atoms with E-state index in [4.69, 9.17) is 5.84 Å². The van der Waals surface area contributed by atoms with E-state index in [2.05, 4.69) is 57.1 Å². The highest BCUT2D eigenvalue weighted by molar-refractivity contribution is 6.02. The summed E-state index contributed by atoms with van der Waals surface area (Å²) in [4.78, 5) is 13.2. The first-order valence-corrected chi connectivity index (χ1v) is 12.6. The number of allylic oxidation sites excluding steroid dienone is 4. The fraction of sp³-hybridized carbons (Fsp3) is 0.586. The number of nitrogens with two attached hydrogens (primary N) is 1. The lowest BCUT2D eigenvalue weighted by molar-refractivity contribution is 0.0787. The molecule has 2 N–H and O–H groups in total. The number of ketones is 1. The van der Waals surface area contributed by atoms with Gasteiger partial charge in [0.25, 0.3) is 0 Å². The topological polar surface area (TPSA) is 55.5 Å². The van der Waals surface area contributed by atoms with Crippen molar-refractivity contribution >= 4 is 11.5 Å². The Labute approximate surface area is 195 Å². The third-order valence-electron chi connectivity index (χ3n) is 7.34. The Hall–Kier alpha value is -2.16. The van der Waals surface area contributed by atoms with Crippen molar-refractivity contribution in [3.05, 3.63) is 58.7 Å². The van der Waals surface area contributed by atoms with Gasteiger partial charge in [-0.25, -0.2) is 0 Å². The molecular formula is C29H42N2O. The molecule has 0 aliphatic heterocycles. The molecular weight excluding hydrogens is 392 g/mol. The fourth-order valence-electron chi connectivity index (χ4n) is 5.66. The molecule has 1 fully saturated rings. The van der Waals surface area contributed by atoms with E-state index in [1.165, 1.54) is 48.8 Å². The van der Waals surface area contributed by atoms with Crippen molar-refractivity contribution in [1.82, 2.24) is 0 Å². The first-order chi connectivity index (χ1) is 15.3. The Morgan fingerprint density at radius 1 is 1.03 bits per heavy atom. The zero-order valence-corrected chi connectivity index (χ0v) is 20.6. The van der Waals surface area contributed by atoms with Gasteiger partial charge in [-0.15, -0.1) is 0 Å². The average Bonchev–Trinajstić information content (AvgIpc) is 3.00. The number of rotatable bonds is 8. The molecule has 1 aromatic carbocycles. The minimum absolute atomic E-state index is 0.287. The summed E-state index contributed by atoms with van der Waals surface area (Å²) < 4.78 is 0. The lowest BCUT2D eigenvalue weighted by Crippen LogP contribution is -2.28. The monoisotopic (exact) mass is 434 g/mol. The molecule has 2 aliphatic carbocycles. The number of hydrazone groups is 1. The molecule has 1 aromatic rings. The highest BCUT2D eigenvalue weighted by atomic mass is 16.1. The van der Waals surface area contributed by atoms with Crippen LogP contribution in [0.4, 0.5) is 0 Å². The standard InChI is InChI=1S/C29H42N2O/c1-21(2)27-24(12-8-9-13-26(27)31-30)17-14-22-15-18-25(19-16-22)28(32)29(3,4)20-23-10-6-5-7-11-23/h8-9,15-16,18-19,21,23H,5-7,10-14,17,20,30H2,1-4H3/b31-26+. The van der Waals surface area contributed by atoms with E-state index in [1.807, 2.05) is 12.1 Å². The lowest BCUT2D eigenvalue weighted by atomic mass is 9.73. The van der Waals surface area contributed by atoms with Crippen molar-refractivity contribution in [1.29, 1.82) is 0 Å². The molecule has 3 nitrogen and oxygen atoms in total. The van der Waals surface area contributed by atoms with Crippen LogP contribution >= 0.6 is 0 Å². The summed E-state index contributed by atoms with van der Waals surface area (Å²) in [6, 6.07) is 8.36. The molecule has 3 rings (SSSR count).